The van der Waals surface area contributed by atoms with Gasteiger partial charge in [-0.25, -0.2) is 26.3 Å². The zero-order valence-corrected chi connectivity index (χ0v) is 39.4. The number of rotatable bonds is 16. The molecule has 26 heteroatoms. The van der Waals surface area contributed by atoms with E-state index >= 15 is 0 Å². The minimum absolute atomic E-state index is 0.0434. The first kappa shape index (κ1) is 52.4. The van der Waals surface area contributed by atoms with Gasteiger partial charge < -0.3 is 49.8 Å². The van der Waals surface area contributed by atoms with Gasteiger partial charge in [-0.05, 0) is 111 Å². The van der Waals surface area contributed by atoms with Crippen molar-refractivity contribution in [1.29, 1.82) is 0 Å². The van der Waals surface area contributed by atoms with E-state index in [9.17, 15) is 36.6 Å². The number of anilines is 2. The number of fused-ring (bicyclic) bond motifs is 2. The smallest absolute Gasteiger partial charge is 0.492 e. The van der Waals surface area contributed by atoms with Crippen LogP contribution < -0.4 is 35.0 Å². The molecule has 8 rings (SSSR count). The van der Waals surface area contributed by atoms with Crippen molar-refractivity contribution < 1.29 is 65.6 Å². The molecule has 8 N–H and O–H groups in total. The molecule has 0 radical (unpaired) electrons. The van der Waals surface area contributed by atoms with Gasteiger partial charge in [-0.2, -0.15) is 30.1 Å². The number of ether oxygens (including phenoxy) is 4. The lowest BCUT2D eigenvalue weighted by Gasteiger charge is -2.13. The predicted octanol–water partition coefficient (Wildman–Crippen LogP) is 7.15. The quantitative estimate of drug-likeness (QED) is 0.0272. The van der Waals surface area contributed by atoms with Crippen LogP contribution in [0.3, 0.4) is 0 Å². The van der Waals surface area contributed by atoms with Gasteiger partial charge in [0.2, 0.25) is 0 Å². The second kappa shape index (κ2) is 24.0. The molecule has 368 valence electrons. The van der Waals surface area contributed by atoms with Gasteiger partial charge in [0.05, 0.1) is 41.9 Å². The second-order valence-electron chi connectivity index (χ2n) is 14.6. The summed E-state index contributed by atoms with van der Waals surface area (Å²) in [4.78, 5) is 16.8. The normalized spacial score (nSPS) is 11.8. The van der Waals surface area contributed by atoms with Gasteiger partial charge in [-0.15, -0.1) is 0 Å². The summed E-state index contributed by atoms with van der Waals surface area (Å²) in [5.74, 6) is -3.46. The Kier molecular flexibility index (Phi) is 18.0. The van der Waals surface area contributed by atoms with Crippen LogP contribution in [0.4, 0.5) is 38.0 Å². The number of aromatic nitrogens is 8. The number of hydrogen-bond acceptors (Lipinski definition) is 16. The van der Waals surface area contributed by atoms with Crippen LogP contribution in [0.5, 0.6) is 35.0 Å². The Morgan fingerprint density at radius 3 is 1.54 bits per heavy atom. The highest BCUT2D eigenvalue weighted by Crippen LogP contribution is 2.38. The van der Waals surface area contributed by atoms with E-state index in [1.165, 1.54) is 30.3 Å². The van der Waals surface area contributed by atoms with E-state index in [1.807, 2.05) is 22.6 Å². The predicted molar refractivity (Wildman–Crippen MR) is 253 cm³/mol. The molecule has 4 aromatic carbocycles. The molecule has 2 atom stereocenters. The molecular weight excluding hydrogens is 1050 g/mol. The van der Waals surface area contributed by atoms with E-state index in [0.29, 0.717) is 74.0 Å². The van der Waals surface area contributed by atoms with Gasteiger partial charge in [0.15, 0.2) is 34.4 Å². The highest BCUT2D eigenvalue weighted by atomic mass is 127. The number of halogens is 7. The van der Waals surface area contributed by atoms with Gasteiger partial charge >= 0.3 is 19.1 Å². The van der Waals surface area contributed by atoms with Crippen molar-refractivity contribution in [2.24, 2.45) is 0 Å². The van der Waals surface area contributed by atoms with Crippen LogP contribution in [0, 0.1) is 38.6 Å². The molecule has 4 heterocycles. The van der Waals surface area contributed by atoms with Crippen molar-refractivity contribution in [2.45, 2.75) is 39.9 Å². The van der Waals surface area contributed by atoms with E-state index in [1.54, 1.807) is 27.7 Å². The van der Waals surface area contributed by atoms with E-state index in [2.05, 4.69) is 51.0 Å². The van der Waals surface area contributed by atoms with Crippen molar-refractivity contribution in [1.82, 2.24) is 40.3 Å². The Morgan fingerprint density at radius 2 is 1.04 bits per heavy atom. The molecule has 0 amide bonds. The maximum Gasteiger partial charge on any atom is 0.492 e. The molecule has 18 nitrogen and oxygen atoms in total. The molecule has 0 aliphatic carbocycles. The highest BCUT2D eigenvalue weighted by molar-refractivity contribution is 14.1. The first-order valence-electron chi connectivity index (χ1n) is 20.9. The van der Waals surface area contributed by atoms with Crippen LogP contribution in [-0.2, 0) is 0 Å². The average molecular weight is 1090 g/mol. The molecule has 4 aromatic heterocycles. The standard InChI is InChI=1S/C22H20F3N5O3.C14H12F2IN5O2.C8H10BFO3/c1-3-32-16-6-4-12(23)8-14(16)19-18-20(26-10-11(2)31)27-22(28-21(18)30-29-19)33-17-7-5-13(24)9-15(17)25;1-6(23)5-18-12-10-11(17)21-22-13(10)20-14(19-12)24-9-3-2-7(15)4-8(9)16;1-2-13-8-4-3-6(10)5-7(8)9(11)12/h4-9,11,31H,3,10H2,1-2H3,(H2,26,27,28,29,30);2-4,6,23H,5H2,1H3,(H2,18,19,20,21,22);3-5,11-12H,2H2,1H3/t11-;6-;/m00./s1. The molecule has 0 bridgehead atoms. The minimum atomic E-state index is -1.71. The van der Waals surface area contributed by atoms with Crippen molar-refractivity contribution >= 4 is 68.9 Å². The number of benzene rings is 4. The Hall–Kier alpha value is -7.01. The van der Waals surface area contributed by atoms with Crippen LogP contribution >= 0.6 is 22.6 Å². The monoisotopic (exact) mass is 1090 g/mol. The summed E-state index contributed by atoms with van der Waals surface area (Å²) in [6.07, 6.45) is -1.32. The lowest BCUT2D eigenvalue weighted by atomic mass is 9.79. The number of nitrogens with zero attached hydrogens (tertiary/aromatic N) is 6. The Balaban J connectivity index is 0.000000189. The second-order valence-corrected chi connectivity index (χ2v) is 15.7. The molecule has 0 spiro atoms. The fourth-order valence-electron chi connectivity index (χ4n) is 6.11. The van der Waals surface area contributed by atoms with Crippen molar-refractivity contribution in [3.05, 3.63) is 111 Å². The zero-order chi connectivity index (χ0) is 50.6. The number of aliphatic hydroxyl groups is 2. The third kappa shape index (κ3) is 13.6. The number of nitrogens with one attached hydrogen (secondary N) is 4. The number of H-pyrrole nitrogens is 2. The topological polar surface area (TPSA) is 251 Å². The third-order valence-corrected chi connectivity index (χ3v) is 9.90. The zero-order valence-electron chi connectivity index (χ0n) is 37.2. The van der Waals surface area contributed by atoms with Crippen LogP contribution in [0.1, 0.15) is 27.7 Å². The maximum atomic E-state index is 14.1. The first-order chi connectivity index (χ1) is 33.4. The lowest BCUT2D eigenvalue weighted by molar-refractivity contribution is 0.207. The lowest BCUT2D eigenvalue weighted by Crippen LogP contribution is -2.31. The Morgan fingerprint density at radius 1 is 0.600 bits per heavy atom. The molecule has 70 heavy (non-hydrogen) atoms. The van der Waals surface area contributed by atoms with E-state index in [0.717, 1.165) is 30.3 Å². The SMILES string of the molecule is CCOc1ccc(F)cc1-c1[nH]nc2nc(Oc3ccc(F)cc3F)nc(NC[C@H](C)O)c12.CCOc1ccc(F)cc1B(O)O.C[C@H](O)CNc1nc(Oc2ccc(F)cc2F)nc2n[nH]c(I)c12. The minimum Gasteiger partial charge on any atom is -0.494 e. The van der Waals surface area contributed by atoms with E-state index < -0.39 is 54.2 Å². The molecule has 8 aromatic rings. The largest absolute Gasteiger partial charge is 0.494 e. The van der Waals surface area contributed by atoms with Crippen molar-refractivity contribution in [3.63, 3.8) is 0 Å². The molecule has 0 saturated carbocycles. The van der Waals surface area contributed by atoms with Crippen molar-refractivity contribution in [2.75, 3.05) is 36.9 Å². The van der Waals surface area contributed by atoms with Gasteiger partial charge in [0.1, 0.15) is 50.1 Å². The highest BCUT2D eigenvalue weighted by Gasteiger charge is 2.23. The summed E-state index contributed by atoms with van der Waals surface area (Å²) in [5.41, 5.74) is 1.26. The maximum absolute atomic E-state index is 14.1. The summed E-state index contributed by atoms with van der Waals surface area (Å²) < 4.78 is 103. The Bertz CT molecular complexity index is 3060. The summed E-state index contributed by atoms with van der Waals surface area (Å²) in [6.45, 7) is 7.87. The third-order valence-electron chi connectivity index (χ3n) is 9.12. The number of hydrogen-bond donors (Lipinski definition) is 8. The Labute approximate surface area is 407 Å². The van der Waals surface area contributed by atoms with Gasteiger partial charge in [-0.3, -0.25) is 10.2 Å². The molecule has 0 aliphatic heterocycles. The summed E-state index contributed by atoms with van der Waals surface area (Å²) >= 11 is 2.04. The molecular formula is C44H42BF6IN10O8. The fraction of sp³-hybridized carbons (Fsp3) is 0.227. The number of aromatic amines is 2. The van der Waals surface area contributed by atoms with Crippen molar-refractivity contribution in [3.8, 4) is 46.3 Å². The first-order valence-corrected chi connectivity index (χ1v) is 22.0. The summed E-state index contributed by atoms with van der Waals surface area (Å²) in [7, 11) is -1.71. The molecule has 0 saturated heterocycles. The van der Waals surface area contributed by atoms with Crippen LogP contribution in [0.15, 0.2) is 72.8 Å². The van der Waals surface area contributed by atoms with Gasteiger partial charge in [0, 0.05) is 36.2 Å². The summed E-state index contributed by atoms with van der Waals surface area (Å²) in [5, 5.41) is 57.6. The summed E-state index contributed by atoms with van der Waals surface area (Å²) in [6, 6.07) is 13.0. The van der Waals surface area contributed by atoms with Crippen LogP contribution in [0.2, 0.25) is 0 Å². The number of aliphatic hydroxyl groups excluding tert-OH is 2. The molecule has 0 fully saturated rings. The van der Waals surface area contributed by atoms with Crippen LogP contribution in [-0.4, -0.2) is 106 Å². The molecule has 0 aliphatic rings. The van der Waals surface area contributed by atoms with E-state index in [-0.39, 0.29) is 53.5 Å². The van der Waals surface area contributed by atoms with E-state index in [4.69, 9.17) is 29.0 Å². The van der Waals surface area contributed by atoms with Gasteiger partial charge in [-0.1, -0.05) is 0 Å². The molecule has 0 unspecified atom stereocenters. The average Bonchev–Trinajstić information content (AvgIpc) is 3.91. The van der Waals surface area contributed by atoms with Crippen LogP contribution in [0.25, 0.3) is 33.3 Å². The fourth-order valence-corrected chi connectivity index (χ4v) is 6.72. The van der Waals surface area contributed by atoms with Gasteiger partial charge in [0.25, 0.3) is 0 Å².